The van der Waals surface area contributed by atoms with Gasteiger partial charge < -0.3 is 10.0 Å². The van der Waals surface area contributed by atoms with E-state index in [0.29, 0.717) is 12.2 Å². The third kappa shape index (κ3) is 2.29. The van der Waals surface area contributed by atoms with Gasteiger partial charge in [-0.3, -0.25) is 9.89 Å². The number of H-pyrrole nitrogens is 1. The Morgan fingerprint density at radius 3 is 2.92 bits per heavy atom. The highest BCUT2D eigenvalue weighted by Gasteiger charge is 2.13. The monoisotopic (exact) mass is 183 g/mol. The molecule has 0 bridgehead atoms. The van der Waals surface area contributed by atoms with Crippen molar-refractivity contribution in [2.75, 3.05) is 20.2 Å². The number of carbonyl (C=O) groups is 1. The number of aromatic nitrogens is 2. The van der Waals surface area contributed by atoms with Gasteiger partial charge in [-0.05, 0) is 13.0 Å². The van der Waals surface area contributed by atoms with Crippen molar-refractivity contribution in [3.05, 3.63) is 17.5 Å². The minimum absolute atomic E-state index is 0.0361. The summed E-state index contributed by atoms with van der Waals surface area (Å²) in [5.41, 5.74) is 1.23. The van der Waals surface area contributed by atoms with Gasteiger partial charge in [0.25, 0.3) is 5.91 Å². The van der Waals surface area contributed by atoms with Crippen molar-refractivity contribution in [3.63, 3.8) is 0 Å². The lowest BCUT2D eigenvalue weighted by atomic mass is 10.3. The lowest BCUT2D eigenvalue weighted by Gasteiger charge is -2.13. The van der Waals surface area contributed by atoms with Crippen molar-refractivity contribution in [3.8, 4) is 0 Å². The van der Waals surface area contributed by atoms with Gasteiger partial charge in [0.1, 0.15) is 5.69 Å². The molecule has 1 rings (SSSR count). The van der Waals surface area contributed by atoms with Gasteiger partial charge >= 0.3 is 0 Å². The molecule has 0 radical (unpaired) electrons. The summed E-state index contributed by atoms with van der Waals surface area (Å²) in [6, 6.07) is 1.68. The van der Waals surface area contributed by atoms with E-state index in [-0.39, 0.29) is 12.5 Å². The highest BCUT2D eigenvalue weighted by molar-refractivity contribution is 5.92. The van der Waals surface area contributed by atoms with E-state index in [0.717, 1.165) is 5.69 Å². The molecule has 0 saturated heterocycles. The van der Waals surface area contributed by atoms with Gasteiger partial charge in [-0.2, -0.15) is 5.10 Å². The Balaban J connectivity index is 2.67. The molecule has 1 amide bonds. The molecule has 0 saturated carbocycles. The highest BCUT2D eigenvalue weighted by atomic mass is 16.3. The summed E-state index contributed by atoms with van der Waals surface area (Å²) in [5, 5.41) is 15.1. The van der Waals surface area contributed by atoms with Gasteiger partial charge in [0.05, 0.1) is 6.61 Å². The second kappa shape index (κ2) is 4.04. The number of aromatic amines is 1. The standard InChI is InChI=1S/C8H13N3O2/c1-6-5-7(10-9-6)8(13)11(2)3-4-12/h5,12H,3-4H2,1-2H3,(H,9,10). The number of hydrogen-bond donors (Lipinski definition) is 2. The summed E-state index contributed by atoms with van der Waals surface area (Å²) in [7, 11) is 1.63. The molecule has 0 fully saturated rings. The number of amides is 1. The predicted octanol–water partition coefficient (Wildman–Crippen LogP) is -0.218. The SMILES string of the molecule is Cc1cc(C(=O)N(C)CCO)n[nH]1. The normalized spacial score (nSPS) is 10.1. The summed E-state index contributed by atoms with van der Waals surface area (Å²) in [6.45, 7) is 2.12. The van der Waals surface area contributed by atoms with Crippen LogP contribution in [0.4, 0.5) is 0 Å². The number of aliphatic hydroxyl groups is 1. The topological polar surface area (TPSA) is 69.2 Å². The lowest BCUT2D eigenvalue weighted by molar-refractivity contribution is 0.0761. The average molecular weight is 183 g/mol. The van der Waals surface area contributed by atoms with Crippen molar-refractivity contribution in [2.24, 2.45) is 0 Å². The second-order valence-corrected chi connectivity index (χ2v) is 2.89. The van der Waals surface area contributed by atoms with Crippen molar-refractivity contribution < 1.29 is 9.90 Å². The second-order valence-electron chi connectivity index (χ2n) is 2.89. The molecule has 5 heteroatoms. The molecule has 2 N–H and O–H groups in total. The van der Waals surface area contributed by atoms with Gasteiger partial charge in [0, 0.05) is 19.3 Å². The Morgan fingerprint density at radius 2 is 2.46 bits per heavy atom. The largest absolute Gasteiger partial charge is 0.395 e. The Morgan fingerprint density at radius 1 is 1.77 bits per heavy atom. The van der Waals surface area contributed by atoms with Crippen molar-refractivity contribution >= 4 is 5.91 Å². The Labute approximate surface area is 76.4 Å². The predicted molar refractivity (Wildman–Crippen MR) is 47.4 cm³/mol. The van der Waals surface area contributed by atoms with E-state index >= 15 is 0 Å². The Hall–Kier alpha value is -1.36. The molecule has 13 heavy (non-hydrogen) atoms. The molecule has 1 aromatic rings. The number of aliphatic hydroxyl groups excluding tert-OH is 1. The number of likely N-dealkylation sites (N-methyl/N-ethyl adjacent to an activating group) is 1. The van der Waals surface area contributed by atoms with E-state index in [1.54, 1.807) is 13.1 Å². The van der Waals surface area contributed by atoms with Crippen LogP contribution >= 0.6 is 0 Å². The minimum atomic E-state index is -0.182. The molecule has 72 valence electrons. The van der Waals surface area contributed by atoms with Crippen molar-refractivity contribution in [1.82, 2.24) is 15.1 Å². The first-order valence-electron chi connectivity index (χ1n) is 4.03. The van der Waals surface area contributed by atoms with E-state index in [1.165, 1.54) is 4.90 Å². The summed E-state index contributed by atoms with van der Waals surface area (Å²) in [6.07, 6.45) is 0. The number of aryl methyl sites for hydroxylation is 1. The summed E-state index contributed by atoms with van der Waals surface area (Å²) < 4.78 is 0. The van der Waals surface area contributed by atoms with Gasteiger partial charge in [0.15, 0.2) is 0 Å². The van der Waals surface area contributed by atoms with E-state index in [2.05, 4.69) is 10.2 Å². The first-order valence-corrected chi connectivity index (χ1v) is 4.03. The van der Waals surface area contributed by atoms with E-state index in [4.69, 9.17) is 5.11 Å². The molecule has 0 aromatic carbocycles. The van der Waals surface area contributed by atoms with Crippen LogP contribution in [0.2, 0.25) is 0 Å². The van der Waals surface area contributed by atoms with Crippen LogP contribution in [0.1, 0.15) is 16.2 Å². The number of carbonyl (C=O) groups excluding carboxylic acids is 1. The number of nitrogens with zero attached hydrogens (tertiary/aromatic N) is 2. The smallest absolute Gasteiger partial charge is 0.274 e. The fourth-order valence-electron chi connectivity index (χ4n) is 0.975. The maximum atomic E-state index is 11.5. The van der Waals surface area contributed by atoms with E-state index in [9.17, 15) is 4.79 Å². The maximum Gasteiger partial charge on any atom is 0.274 e. The molecular formula is C8H13N3O2. The van der Waals surface area contributed by atoms with E-state index < -0.39 is 0 Å². The van der Waals surface area contributed by atoms with Crippen LogP contribution in [0.25, 0.3) is 0 Å². The molecule has 1 aromatic heterocycles. The first-order chi connectivity index (χ1) is 6.15. The number of rotatable bonds is 3. The van der Waals surface area contributed by atoms with Crippen molar-refractivity contribution in [2.45, 2.75) is 6.92 Å². The first kappa shape index (κ1) is 9.73. The zero-order valence-electron chi connectivity index (χ0n) is 7.74. The Bertz CT molecular complexity index is 295. The third-order valence-electron chi connectivity index (χ3n) is 1.71. The molecule has 1 heterocycles. The number of hydrogen-bond acceptors (Lipinski definition) is 3. The van der Waals surface area contributed by atoms with Crippen LogP contribution < -0.4 is 0 Å². The van der Waals surface area contributed by atoms with Crippen LogP contribution in [-0.2, 0) is 0 Å². The van der Waals surface area contributed by atoms with E-state index in [1.807, 2.05) is 6.92 Å². The van der Waals surface area contributed by atoms with Gasteiger partial charge in [0.2, 0.25) is 0 Å². The average Bonchev–Trinajstić information content (AvgIpc) is 2.51. The van der Waals surface area contributed by atoms with Gasteiger partial charge in [-0.25, -0.2) is 0 Å². The number of nitrogens with one attached hydrogen (secondary N) is 1. The summed E-state index contributed by atoms with van der Waals surface area (Å²) >= 11 is 0. The maximum absolute atomic E-state index is 11.5. The molecule has 0 aliphatic rings. The quantitative estimate of drug-likeness (QED) is 0.680. The van der Waals surface area contributed by atoms with Crippen LogP contribution in [-0.4, -0.2) is 46.3 Å². The molecule has 0 atom stereocenters. The molecule has 0 unspecified atom stereocenters. The molecule has 0 aliphatic heterocycles. The van der Waals surface area contributed by atoms with Crippen molar-refractivity contribution in [1.29, 1.82) is 0 Å². The van der Waals surface area contributed by atoms with Gasteiger partial charge in [-0.1, -0.05) is 0 Å². The lowest BCUT2D eigenvalue weighted by Crippen LogP contribution is -2.29. The van der Waals surface area contributed by atoms with Crippen LogP contribution in [0.3, 0.4) is 0 Å². The van der Waals surface area contributed by atoms with Gasteiger partial charge in [-0.15, -0.1) is 0 Å². The summed E-state index contributed by atoms with van der Waals surface area (Å²) in [4.78, 5) is 12.9. The minimum Gasteiger partial charge on any atom is -0.395 e. The summed E-state index contributed by atoms with van der Waals surface area (Å²) in [5.74, 6) is -0.182. The zero-order chi connectivity index (χ0) is 9.84. The highest BCUT2D eigenvalue weighted by Crippen LogP contribution is 2.01. The zero-order valence-corrected chi connectivity index (χ0v) is 7.74. The Kier molecular flexibility index (Phi) is 3.02. The molecule has 5 nitrogen and oxygen atoms in total. The van der Waals surface area contributed by atoms with Crippen LogP contribution in [0.15, 0.2) is 6.07 Å². The fourth-order valence-corrected chi connectivity index (χ4v) is 0.975. The fraction of sp³-hybridized carbons (Fsp3) is 0.500. The van der Waals surface area contributed by atoms with Crippen LogP contribution in [0.5, 0.6) is 0 Å². The molecule has 0 spiro atoms. The third-order valence-corrected chi connectivity index (χ3v) is 1.71. The molecular weight excluding hydrogens is 170 g/mol. The van der Waals surface area contributed by atoms with Crippen LogP contribution in [0, 0.1) is 6.92 Å². The molecule has 0 aliphatic carbocycles.